The van der Waals surface area contributed by atoms with Crippen LogP contribution >= 0.6 is 0 Å². The Morgan fingerprint density at radius 3 is 1.19 bits per heavy atom. The number of benzene rings is 16. The predicted molar refractivity (Wildman–Crippen MR) is 425 cm³/mol. The maximum absolute atomic E-state index is 6.82. The molecule has 0 fully saturated rings. The number of nitrogens with zero attached hydrogens (tertiary/aromatic N) is 6. The molecule has 0 amide bonds. The summed E-state index contributed by atoms with van der Waals surface area (Å²) in [5.74, 6) is 0. The first-order chi connectivity index (χ1) is 50.2. The maximum atomic E-state index is 6.82. The van der Waals surface area contributed by atoms with Gasteiger partial charge in [-0.2, -0.15) is 0 Å². The van der Waals surface area contributed by atoms with E-state index >= 15 is 0 Å². The van der Waals surface area contributed by atoms with Crippen LogP contribution in [0.4, 0.5) is 34.1 Å². The van der Waals surface area contributed by atoms with Gasteiger partial charge in [-0.3, -0.25) is 0 Å². The minimum Gasteiger partial charge on any atom is -0.455 e. The second kappa shape index (κ2) is 18.7. The highest BCUT2D eigenvalue weighted by atomic mass is 16.3. The molecule has 25 rings (SSSR count). The van der Waals surface area contributed by atoms with Gasteiger partial charge >= 0.3 is 0 Å². The molecule has 0 atom stereocenters. The minimum atomic E-state index is 0.910. The van der Waals surface area contributed by atoms with Gasteiger partial charge in [0.1, 0.15) is 11.2 Å². The maximum Gasteiger partial charge on any atom is 0.145 e. The number of anilines is 6. The summed E-state index contributed by atoms with van der Waals surface area (Å²) < 4.78 is 17.0. The average molecular weight is 1280 g/mol. The van der Waals surface area contributed by atoms with Crippen LogP contribution < -0.4 is 9.80 Å². The third kappa shape index (κ3) is 6.47. The first-order valence-electron chi connectivity index (χ1n) is 34.9. The Balaban J connectivity index is 0.802. The lowest BCUT2D eigenvalue weighted by Crippen LogP contribution is -2.13. The van der Waals surface area contributed by atoms with Crippen LogP contribution in [-0.2, 0) is 0 Å². The van der Waals surface area contributed by atoms with E-state index in [1.165, 1.54) is 130 Å². The van der Waals surface area contributed by atoms with Gasteiger partial charge in [0.15, 0.2) is 0 Å². The summed E-state index contributed by atoms with van der Waals surface area (Å²) >= 11 is 0. The van der Waals surface area contributed by atoms with Crippen molar-refractivity contribution in [2.24, 2.45) is 0 Å². The van der Waals surface area contributed by atoms with Crippen LogP contribution in [0.5, 0.6) is 0 Å². The van der Waals surface area contributed by atoms with Gasteiger partial charge in [-0.1, -0.05) is 200 Å². The lowest BCUT2D eigenvalue weighted by molar-refractivity contribution is 0.673. The molecule has 0 spiro atoms. The normalized spacial score (nSPS) is 12.8. The highest BCUT2D eigenvalue weighted by molar-refractivity contribution is 6.40. The Kier molecular flexibility index (Phi) is 9.74. The van der Waals surface area contributed by atoms with Gasteiger partial charge in [0, 0.05) is 125 Å². The van der Waals surface area contributed by atoms with Crippen LogP contribution in [-0.4, -0.2) is 17.6 Å². The fraction of sp³-hybridized carbons (Fsp3) is 0. The van der Waals surface area contributed by atoms with Crippen LogP contribution in [0.2, 0.25) is 0 Å². The van der Waals surface area contributed by atoms with E-state index in [1.807, 2.05) is 0 Å². The van der Waals surface area contributed by atoms with E-state index in [9.17, 15) is 0 Å². The SMILES string of the molecule is c1ccc(N(c2ccccc2)c2c3cc4c(c(N(c5ccccc5)c5cccc(-c6ccc7c(c6)c6c8c9cccc%10c%11c%12oc%13ccccc%13c%12ccc%11n(c8cc8c%11ccccc%11n7c86)c%109)c5)c3cc3c2c2cccc5c6ccccc6n3c52)c2cccc3c5ccccc5n4c32)cc1. The Morgan fingerprint density at radius 1 is 0.198 bits per heavy atom. The van der Waals surface area contributed by atoms with Crippen LogP contribution in [0, 0.1) is 0 Å². The monoisotopic (exact) mass is 1280 g/mol. The van der Waals surface area contributed by atoms with Crippen molar-refractivity contribution in [2.45, 2.75) is 0 Å². The molecule has 7 heteroatoms. The number of furan rings is 1. The average Bonchev–Trinajstić information content (AvgIpc) is 1.51. The number of fused-ring (bicyclic) bond motifs is 30. The summed E-state index contributed by atoms with van der Waals surface area (Å²) in [7, 11) is 0. The quantitative estimate of drug-likeness (QED) is 0.160. The Hall–Kier alpha value is -13.6. The summed E-state index contributed by atoms with van der Waals surface area (Å²) in [6, 6.07) is 118. The molecular weight excluding hydrogens is 1230 g/mol. The topological polar surface area (TPSA) is 37.3 Å². The van der Waals surface area contributed by atoms with E-state index in [0.717, 1.165) is 99.9 Å². The number of hydrogen-bond donors (Lipinski definition) is 0. The van der Waals surface area contributed by atoms with Crippen LogP contribution in [0.3, 0.4) is 0 Å². The molecule has 9 heterocycles. The van der Waals surface area contributed by atoms with Crippen molar-refractivity contribution in [1.82, 2.24) is 17.6 Å². The van der Waals surface area contributed by atoms with Crippen molar-refractivity contribution in [3.8, 4) is 11.1 Å². The van der Waals surface area contributed by atoms with Gasteiger partial charge in [0.05, 0.1) is 83.0 Å². The highest BCUT2D eigenvalue weighted by Crippen LogP contribution is 2.57. The smallest absolute Gasteiger partial charge is 0.145 e. The first kappa shape index (κ1) is 52.6. The van der Waals surface area contributed by atoms with Crippen molar-refractivity contribution >= 4 is 219 Å². The zero-order valence-electron chi connectivity index (χ0n) is 54.1. The number of hydrogen-bond acceptors (Lipinski definition) is 3. The van der Waals surface area contributed by atoms with Gasteiger partial charge in [0.2, 0.25) is 0 Å². The van der Waals surface area contributed by atoms with Crippen molar-refractivity contribution in [3.05, 3.63) is 315 Å². The molecule has 0 aliphatic heterocycles. The molecule has 0 unspecified atom stereocenters. The second-order valence-corrected chi connectivity index (χ2v) is 27.8. The Bertz CT molecular complexity index is 7850. The molecule has 16 aromatic carbocycles. The Labute approximate surface area is 574 Å². The summed E-state index contributed by atoms with van der Waals surface area (Å²) in [5.41, 5.74) is 25.0. The van der Waals surface area contributed by atoms with Crippen LogP contribution in [0.15, 0.2) is 320 Å². The third-order valence-electron chi connectivity index (χ3n) is 22.9. The lowest BCUT2D eigenvalue weighted by Gasteiger charge is -2.31. The second-order valence-electron chi connectivity index (χ2n) is 27.8. The van der Waals surface area contributed by atoms with Crippen molar-refractivity contribution in [3.63, 3.8) is 0 Å². The number of rotatable bonds is 7. The molecule has 9 aromatic heterocycles. The molecule has 101 heavy (non-hydrogen) atoms. The van der Waals surface area contributed by atoms with E-state index in [2.05, 4.69) is 343 Å². The van der Waals surface area contributed by atoms with E-state index in [-0.39, 0.29) is 0 Å². The standard InChI is InChI=1S/C94H52N6O/c1-4-23-55(24-5-1)95(56-25-6-2-7-26-56)91-71-51-81-85(68-38-20-35-64-60-31-11-15-41-75(60)99(81)89(64)68)92(72(71)52-80-84(91)67-37-19-34-63-59-30-10-14-40-74(59)98(80)88(63)67)96(57-27-8-3-9-28-57)58-29-18-22-53(48-58)54-44-46-77-73(49-54)87-83-66-36-21-39-69-86-78(47-45-65-62-33-13-17-43-82(62)101-94(65)86)100(90(66)69)79(83)50-70-61-32-12-16-42-76(61)97(77)93(70)87/h1-52H. The molecule has 0 saturated heterocycles. The Morgan fingerprint density at radius 2 is 0.594 bits per heavy atom. The van der Waals surface area contributed by atoms with Crippen molar-refractivity contribution in [2.75, 3.05) is 9.80 Å². The molecule has 0 saturated carbocycles. The molecule has 464 valence electrons. The zero-order chi connectivity index (χ0) is 65.2. The minimum absolute atomic E-state index is 0.910. The molecule has 0 aliphatic rings. The van der Waals surface area contributed by atoms with Crippen molar-refractivity contribution < 1.29 is 4.42 Å². The summed E-state index contributed by atoms with van der Waals surface area (Å²) in [6.07, 6.45) is 0. The zero-order valence-corrected chi connectivity index (χ0v) is 54.1. The van der Waals surface area contributed by atoms with Gasteiger partial charge in [-0.25, -0.2) is 0 Å². The van der Waals surface area contributed by atoms with E-state index in [1.54, 1.807) is 0 Å². The lowest BCUT2D eigenvalue weighted by atomic mass is 9.94. The molecule has 0 N–H and O–H groups in total. The molecule has 25 aromatic rings. The van der Waals surface area contributed by atoms with E-state index in [4.69, 9.17) is 4.42 Å². The molecular formula is C94H52N6O. The summed E-state index contributed by atoms with van der Waals surface area (Å²) in [5, 5.41) is 24.2. The van der Waals surface area contributed by atoms with E-state index < -0.39 is 0 Å². The number of para-hydroxylation sites is 10. The predicted octanol–water partition coefficient (Wildman–Crippen LogP) is 25.9. The molecule has 0 radical (unpaired) electrons. The van der Waals surface area contributed by atoms with Crippen LogP contribution in [0.25, 0.3) is 196 Å². The fourth-order valence-corrected chi connectivity index (χ4v) is 19.1. The van der Waals surface area contributed by atoms with Crippen molar-refractivity contribution in [1.29, 1.82) is 0 Å². The largest absolute Gasteiger partial charge is 0.455 e. The first-order valence-corrected chi connectivity index (χ1v) is 34.9. The molecule has 0 aliphatic carbocycles. The third-order valence-corrected chi connectivity index (χ3v) is 22.9. The van der Waals surface area contributed by atoms with Gasteiger partial charge in [-0.05, 0) is 126 Å². The van der Waals surface area contributed by atoms with E-state index in [0.29, 0.717) is 0 Å². The summed E-state index contributed by atoms with van der Waals surface area (Å²) in [6.45, 7) is 0. The van der Waals surface area contributed by atoms with Gasteiger partial charge in [0.25, 0.3) is 0 Å². The number of aromatic nitrogens is 4. The fourth-order valence-electron chi connectivity index (χ4n) is 19.1. The summed E-state index contributed by atoms with van der Waals surface area (Å²) in [4.78, 5) is 5.12. The molecule has 0 bridgehead atoms. The van der Waals surface area contributed by atoms with Crippen LogP contribution in [0.1, 0.15) is 0 Å². The highest BCUT2D eigenvalue weighted by Gasteiger charge is 2.33. The van der Waals surface area contributed by atoms with Gasteiger partial charge in [-0.15, -0.1) is 0 Å². The molecule has 7 nitrogen and oxygen atoms in total. The van der Waals surface area contributed by atoms with Gasteiger partial charge < -0.3 is 31.8 Å².